The Hall–Kier alpha value is -2.65. The Morgan fingerprint density at radius 3 is 2.31 bits per heavy atom. The molecule has 0 saturated carbocycles. The summed E-state index contributed by atoms with van der Waals surface area (Å²) in [6.07, 6.45) is -1.10. The Morgan fingerprint density at radius 2 is 1.75 bits per heavy atom. The fraction of sp³-hybridized carbons (Fsp3) is 0.409. The number of carbonyl (C=O) groups excluding carboxylic acids is 1. The van der Waals surface area contributed by atoms with Crippen molar-refractivity contribution in [3.8, 4) is 0 Å². The van der Waals surface area contributed by atoms with Crippen molar-refractivity contribution in [2.24, 2.45) is 0 Å². The minimum Gasteiger partial charge on any atom is -0.333 e. The zero-order chi connectivity index (χ0) is 23.3. The van der Waals surface area contributed by atoms with Crippen LogP contribution in [-0.4, -0.2) is 46.8 Å². The number of amides is 1. The Labute approximate surface area is 188 Å². The van der Waals surface area contributed by atoms with Crippen molar-refractivity contribution >= 4 is 23.2 Å². The number of piperidine rings is 1. The van der Waals surface area contributed by atoms with Crippen LogP contribution in [0.5, 0.6) is 0 Å². The molecule has 10 heteroatoms. The first kappa shape index (κ1) is 24.0. The number of hydrogen-bond donors (Lipinski definition) is 0. The number of nitrogens with zero attached hydrogens (tertiary/aromatic N) is 3. The highest BCUT2D eigenvalue weighted by atomic mass is 35.5. The molecular formula is C22H23ClF3N3O3. The van der Waals surface area contributed by atoms with Gasteiger partial charge in [0.05, 0.1) is 21.1 Å². The van der Waals surface area contributed by atoms with E-state index in [0.29, 0.717) is 18.7 Å². The molecule has 0 bridgehead atoms. The highest BCUT2D eigenvalue weighted by Gasteiger charge is 2.30. The molecule has 0 spiro atoms. The van der Waals surface area contributed by atoms with Crippen LogP contribution in [0.2, 0.25) is 5.02 Å². The SMILES string of the molecule is O=C(c1ccc([N+](=O)[O-])cc1Cl)N(CCN1CCCCC1)Cc1ccc(C(F)(F)F)cc1. The maximum Gasteiger partial charge on any atom is 0.416 e. The Balaban J connectivity index is 1.81. The van der Waals surface area contributed by atoms with Crippen molar-refractivity contribution in [3.63, 3.8) is 0 Å². The topological polar surface area (TPSA) is 66.7 Å². The lowest BCUT2D eigenvalue weighted by molar-refractivity contribution is -0.384. The third-order valence-electron chi connectivity index (χ3n) is 5.47. The first-order valence-corrected chi connectivity index (χ1v) is 10.6. The van der Waals surface area contributed by atoms with Crippen LogP contribution in [0.15, 0.2) is 42.5 Å². The summed E-state index contributed by atoms with van der Waals surface area (Å²) in [7, 11) is 0. The van der Waals surface area contributed by atoms with Gasteiger partial charge in [0.15, 0.2) is 0 Å². The van der Waals surface area contributed by atoms with Gasteiger partial charge in [0.25, 0.3) is 11.6 Å². The maximum absolute atomic E-state index is 13.2. The van der Waals surface area contributed by atoms with Gasteiger partial charge < -0.3 is 9.80 Å². The van der Waals surface area contributed by atoms with Crippen LogP contribution in [0.3, 0.4) is 0 Å². The van der Waals surface area contributed by atoms with Gasteiger partial charge in [-0.3, -0.25) is 14.9 Å². The number of likely N-dealkylation sites (tertiary alicyclic amines) is 1. The fourth-order valence-corrected chi connectivity index (χ4v) is 3.93. The Morgan fingerprint density at radius 1 is 1.09 bits per heavy atom. The lowest BCUT2D eigenvalue weighted by atomic mass is 10.1. The summed E-state index contributed by atoms with van der Waals surface area (Å²) in [6.45, 7) is 2.93. The first-order chi connectivity index (χ1) is 15.1. The summed E-state index contributed by atoms with van der Waals surface area (Å²) in [5.41, 5.74) is -0.328. The van der Waals surface area contributed by atoms with E-state index in [2.05, 4.69) is 4.90 Å². The third kappa shape index (κ3) is 6.20. The minimum absolute atomic E-state index is 0.0420. The predicted molar refractivity (Wildman–Crippen MR) is 115 cm³/mol. The summed E-state index contributed by atoms with van der Waals surface area (Å²) >= 11 is 6.15. The summed E-state index contributed by atoms with van der Waals surface area (Å²) in [6, 6.07) is 8.31. The predicted octanol–water partition coefficient (Wildman–Crippen LogP) is 5.40. The monoisotopic (exact) mass is 469 g/mol. The van der Waals surface area contributed by atoms with E-state index in [1.807, 2.05) is 0 Å². The van der Waals surface area contributed by atoms with E-state index in [4.69, 9.17) is 11.6 Å². The lowest BCUT2D eigenvalue weighted by Crippen LogP contribution is -2.40. The number of rotatable bonds is 7. The van der Waals surface area contributed by atoms with E-state index in [-0.39, 0.29) is 22.8 Å². The first-order valence-electron chi connectivity index (χ1n) is 10.3. The zero-order valence-corrected chi connectivity index (χ0v) is 18.0. The fourth-order valence-electron chi connectivity index (χ4n) is 3.68. The van der Waals surface area contributed by atoms with Crippen LogP contribution >= 0.6 is 11.6 Å². The number of carbonyl (C=O) groups is 1. The molecule has 3 rings (SSSR count). The van der Waals surface area contributed by atoms with Crippen molar-refractivity contribution in [2.75, 3.05) is 26.2 Å². The van der Waals surface area contributed by atoms with Crippen molar-refractivity contribution in [2.45, 2.75) is 32.0 Å². The summed E-state index contributed by atoms with van der Waals surface area (Å²) in [5.74, 6) is -0.429. The second-order valence-corrected chi connectivity index (χ2v) is 8.15. The number of nitro groups is 1. The normalized spacial score (nSPS) is 14.9. The average molecular weight is 470 g/mol. The van der Waals surface area contributed by atoms with E-state index >= 15 is 0 Å². The molecule has 0 atom stereocenters. The van der Waals surface area contributed by atoms with Crippen molar-refractivity contribution in [3.05, 3.63) is 74.3 Å². The summed E-state index contributed by atoms with van der Waals surface area (Å²) in [5, 5.41) is 10.9. The van der Waals surface area contributed by atoms with E-state index < -0.39 is 22.6 Å². The number of hydrogen-bond acceptors (Lipinski definition) is 4. The summed E-state index contributed by atoms with van der Waals surface area (Å²) in [4.78, 5) is 27.3. The summed E-state index contributed by atoms with van der Waals surface area (Å²) < 4.78 is 38.6. The lowest BCUT2D eigenvalue weighted by Gasteiger charge is -2.30. The number of alkyl halides is 3. The minimum atomic E-state index is -4.44. The van der Waals surface area contributed by atoms with Crippen LogP contribution in [0.25, 0.3) is 0 Å². The van der Waals surface area contributed by atoms with Crippen LogP contribution in [0, 0.1) is 10.1 Å². The molecule has 0 aliphatic carbocycles. The van der Waals surface area contributed by atoms with E-state index in [0.717, 1.165) is 44.1 Å². The molecule has 172 valence electrons. The molecule has 1 saturated heterocycles. The Bertz CT molecular complexity index is 961. The van der Waals surface area contributed by atoms with E-state index in [9.17, 15) is 28.1 Å². The highest BCUT2D eigenvalue weighted by Crippen LogP contribution is 2.29. The van der Waals surface area contributed by atoms with Gasteiger partial charge in [-0.2, -0.15) is 13.2 Å². The second kappa shape index (κ2) is 10.3. The van der Waals surface area contributed by atoms with Crippen LogP contribution < -0.4 is 0 Å². The second-order valence-electron chi connectivity index (χ2n) is 7.74. The average Bonchev–Trinajstić information content (AvgIpc) is 2.76. The molecule has 0 radical (unpaired) electrons. The van der Waals surface area contributed by atoms with Crippen molar-refractivity contribution in [1.29, 1.82) is 0 Å². The molecule has 1 fully saturated rings. The van der Waals surface area contributed by atoms with Gasteiger partial charge in [-0.15, -0.1) is 0 Å². The third-order valence-corrected chi connectivity index (χ3v) is 5.78. The largest absolute Gasteiger partial charge is 0.416 e. The molecule has 1 aliphatic heterocycles. The molecule has 32 heavy (non-hydrogen) atoms. The van der Waals surface area contributed by atoms with E-state index in [1.165, 1.54) is 35.6 Å². The molecule has 2 aromatic rings. The van der Waals surface area contributed by atoms with Gasteiger partial charge in [-0.05, 0) is 49.7 Å². The molecule has 1 heterocycles. The molecule has 0 N–H and O–H groups in total. The van der Waals surface area contributed by atoms with Crippen LogP contribution in [0.1, 0.15) is 40.7 Å². The molecule has 0 aromatic heterocycles. The number of nitro benzene ring substituents is 1. The van der Waals surface area contributed by atoms with Gasteiger partial charge in [-0.1, -0.05) is 30.2 Å². The molecule has 1 amide bonds. The molecule has 2 aromatic carbocycles. The quantitative estimate of drug-likeness (QED) is 0.402. The number of benzene rings is 2. The van der Waals surface area contributed by atoms with Crippen LogP contribution in [-0.2, 0) is 12.7 Å². The highest BCUT2D eigenvalue weighted by molar-refractivity contribution is 6.34. The number of non-ortho nitro benzene ring substituents is 1. The maximum atomic E-state index is 13.2. The van der Waals surface area contributed by atoms with Gasteiger partial charge in [0, 0.05) is 31.8 Å². The molecule has 1 aliphatic rings. The van der Waals surface area contributed by atoms with Gasteiger partial charge >= 0.3 is 6.18 Å². The van der Waals surface area contributed by atoms with Crippen molar-refractivity contribution in [1.82, 2.24) is 9.80 Å². The van der Waals surface area contributed by atoms with Gasteiger partial charge in [0.2, 0.25) is 0 Å². The van der Waals surface area contributed by atoms with Crippen molar-refractivity contribution < 1.29 is 22.9 Å². The smallest absolute Gasteiger partial charge is 0.333 e. The van der Waals surface area contributed by atoms with E-state index in [1.54, 1.807) is 0 Å². The van der Waals surface area contributed by atoms with Gasteiger partial charge in [0.1, 0.15) is 0 Å². The molecule has 0 unspecified atom stereocenters. The molecule has 6 nitrogen and oxygen atoms in total. The standard InChI is InChI=1S/C22H23ClF3N3O3/c23-20-14-18(29(31)32)8-9-19(20)21(30)28(13-12-27-10-2-1-3-11-27)15-16-4-6-17(7-5-16)22(24,25)26/h4-9,14H,1-3,10-13,15H2. The zero-order valence-electron chi connectivity index (χ0n) is 17.3. The molecular weight excluding hydrogens is 447 g/mol. The number of halogens is 4. The van der Waals surface area contributed by atoms with Gasteiger partial charge in [-0.25, -0.2) is 0 Å². The Kier molecular flexibility index (Phi) is 7.73. The van der Waals surface area contributed by atoms with Crippen LogP contribution in [0.4, 0.5) is 18.9 Å².